The van der Waals surface area contributed by atoms with E-state index >= 15 is 0 Å². The van der Waals surface area contributed by atoms with Gasteiger partial charge in [0.2, 0.25) is 5.91 Å². The maximum Gasteiger partial charge on any atom is 0.241 e. The zero-order valence-electron chi connectivity index (χ0n) is 15.7. The lowest BCUT2D eigenvalue weighted by molar-refractivity contribution is -0.121. The molecular weight excluding hydrogens is 314 g/mol. The van der Waals surface area contributed by atoms with E-state index in [0.717, 1.165) is 45.1 Å². The normalized spacial score (nSPS) is 26.3. The quantitative estimate of drug-likeness (QED) is 0.911. The van der Waals surface area contributed by atoms with Gasteiger partial charge >= 0.3 is 0 Å². The third-order valence-electron chi connectivity index (χ3n) is 5.34. The van der Waals surface area contributed by atoms with Gasteiger partial charge in [-0.25, -0.2) is 0 Å². The van der Waals surface area contributed by atoms with Crippen molar-refractivity contribution in [1.29, 1.82) is 0 Å². The molecule has 1 N–H and O–H groups in total. The number of hydrogen-bond acceptors (Lipinski definition) is 4. The van der Waals surface area contributed by atoms with Gasteiger partial charge in [-0.1, -0.05) is 13.8 Å². The molecule has 0 spiro atoms. The first kappa shape index (κ1) is 18.2. The molecule has 3 rings (SSSR count). The Morgan fingerprint density at radius 1 is 1.12 bits per heavy atom. The molecule has 2 aliphatic heterocycles. The first-order valence-electron chi connectivity index (χ1n) is 9.50. The van der Waals surface area contributed by atoms with Crippen LogP contribution >= 0.6 is 0 Å². The predicted molar refractivity (Wildman–Crippen MR) is 102 cm³/mol. The van der Waals surface area contributed by atoms with Crippen molar-refractivity contribution in [2.24, 2.45) is 11.8 Å². The molecule has 5 nitrogen and oxygen atoms in total. The Balaban J connectivity index is 1.56. The number of nitrogens with one attached hydrogen (secondary N) is 1. The average molecular weight is 345 g/mol. The van der Waals surface area contributed by atoms with Crippen LogP contribution in [0.4, 0.5) is 11.4 Å². The lowest BCUT2D eigenvalue weighted by Crippen LogP contribution is -2.48. The molecule has 0 aromatic heterocycles. The Hall–Kier alpha value is -1.59. The summed E-state index contributed by atoms with van der Waals surface area (Å²) in [6.45, 7) is 12.0. The van der Waals surface area contributed by atoms with Gasteiger partial charge < -0.3 is 15.0 Å². The summed E-state index contributed by atoms with van der Waals surface area (Å²) >= 11 is 0. The maximum absolute atomic E-state index is 12.6. The van der Waals surface area contributed by atoms with Crippen molar-refractivity contribution < 1.29 is 9.53 Å². The minimum Gasteiger partial charge on any atom is -0.378 e. The number of likely N-dealkylation sites (tertiary alicyclic amines) is 1. The predicted octanol–water partition coefficient (Wildman–Crippen LogP) is 2.83. The minimum atomic E-state index is -0.0934. The topological polar surface area (TPSA) is 44.8 Å². The second-order valence-corrected chi connectivity index (χ2v) is 7.71. The van der Waals surface area contributed by atoms with Gasteiger partial charge in [-0.2, -0.15) is 0 Å². The zero-order chi connectivity index (χ0) is 17.8. The largest absolute Gasteiger partial charge is 0.378 e. The van der Waals surface area contributed by atoms with E-state index in [1.165, 1.54) is 12.1 Å². The molecular formula is C20H31N3O2. The van der Waals surface area contributed by atoms with Crippen molar-refractivity contribution in [3.8, 4) is 0 Å². The van der Waals surface area contributed by atoms with Crippen molar-refractivity contribution in [2.45, 2.75) is 33.2 Å². The van der Waals surface area contributed by atoms with Gasteiger partial charge in [0, 0.05) is 37.6 Å². The lowest BCUT2D eigenvalue weighted by atomic mass is 9.91. The fourth-order valence-electron chi connectivity index (χ4n) is 4.02. The highest BCUT2D eigenvalue weighted by molar-refractivity contribution is 5.94. The summed E-state index contributed by atoms with van der Waals surface area (Å²) in [6, 6.07) is 8.06. The third kappa shape index (κ3) is 4.73. The van der Waals surface area contributed by atoms with Gasteiger partial charge in [0.25, 0.3) is 0 Å². The van der Waals surface area contributed by atoms with E-state index in [2.05, 4.69) is 41.1 Å². The molecule has 3 unspecified atom stereocenters. The molecule has 5 heteroatoms. The number of carbonyl (C=O) groups excluding carboxylic acids is 1. The molecule has 138 valence electrons. The summed E-state index contributed by atoms with van der Waals surface area (Å²) in [6.07, 6.45) is 1.26. The SMILES string of the molecule is CC1CC(C)CN(C(C)C(=O)Nc2ccc(N3CCOCC3)cc2)C1. The Kier molecular flexibility index (Phi) is 5.97. The maximum atomic E-state index is 12.6. The second-order valence-electron chi connectivity index (χ2n) is 7.71. The summed E-state index contributed by atoms with van der Waals surface area (Å²) in [5.74, 6) is 1.40. The second kappa shape index (κ2) is 8.19. The molecule has 2 aliphatic rings. The van der Waals surface area contributed by atoms with E-state index in [0.29, 0.717) is 11.8 Å². The van der Waals surface area contributed by atoms with Gasteiger partial charge in [-0.3, -0.25) is 9.69 Å². The monoisotopic (exact) mass is 345 g/mol. The Labute approximate surface area is 151 Å². The summed E-state index contributed by atoms with van der Waals surface area (Å²) in [5.41, 5.74) is 2.06. The van der Waals surface area contributed by atoms with E-state index in [9.17, 15) is 4.79 Å². The van der Waals surface area contributed by atoms with E-state index in [-0.39, 0.29) is 11.9 Å². The van der Waals surface area contributed by atoms with Crippen molar-refractivity contribution in [3.63, 3.8) is 0 Å². The van der Waals surface area contributed by atoms with Gasteiger partial charge in [-0.05, 0) is 49.4 Å². The van der Waals surface area contributed by atoms with Crippen LogP contribution in [0.5, 0.6) is 0 Å². The molecule has 1 amide bonds. The average Bonchev–Trinajstić information content (AvgIpc) is 2.61. The molecule has 2 fully saturated rings. The molecule has 0 saturated carbocycles. The van der Waals surface area contributed by atoms with Crippen molar-refractivity contribution >= 4 is 17.3 Å². The number of anilines is 2. The summed E-state index contributed by atoms with van der Waals surface area (Å²) in [5, 5.41) is 3.07. The number of piperidine rings is 1. The minimum absolute atomic E-state index is 0.0837. The fraction of sp³-hybridized carbons (Fsp3) is 0.650. The molecule has 1 aromatic rings. The molecule has 3 atom stereocenters. The molecule has 0 bridgehead atoms. The number of hydrogen-bond donors (Lipinski definition) is 1. The third-order valence-corrected chi connectivity index (χ3v) is 5.34. The first-order chi connectivity index (χ1) is 12.0. The van der Waals surface area contributed by atoms with E-state index < -0.39 is 0 Å². The summed E-state index contributed by atoms with van der Waals surface area (Å²) < 4.78 is 5.39. The van der Waals surface area contributed by atoms with E-state index in [4.69, 9.17) is 4.74 Å². The molecule has 0 radical (unpaired) electrons. The highest BCUT2D eigenvalue weighted by Gasteiger charge is 2.28. The van der Waals surface area contributed by atoms with Crippen LogP contribution in [0.25, 0.3) is 0 Å². The first-order valence-corrected chi connectivity index (χ1v) is 9.50. The summed E-state index contributed by atoms with van der Waals surface area (Å²) in [4.78, 5) is 17.3. The number of carbonyl (C=O) groups is 1. The van der Waals surface area contributed by atoms with Gasteiger partial charge in [0.1, 0.15) is 0 Å². The molecule has 2 heterocycles. The summed E-state index contributed by atoms with van der Waals surface area (Å²) in [7, 11) is 0. The Morgan fingerprint density at radius 2 is 1.72 bits per heavy atom. The van der Waals surface area contributed by atoms with E-state index in [1.807, 2.05) is 19.1 Å². The standard InChI is InChI=1S/C20H31N3O2/c1-15-12-16(2)14-23(13-15)17(3)20(24)21-18-4-6-19(7-5-18)22-8-10-25-11-9-22/h4-7,15-17H,8-14H2,1-3H3,(H,21,24). The van der Waals surface area contributed by atoms with Crippen LogP contribution in [-0.4, -0.2) is 56.2 Å². The van der Waals surface area contributed by atoms with Gasteiger partial charge in [0.15, 0.2) is 0 Å². The van der Waals surface area contributed by atoms with Crippen LogP contribution in [0, 0.1) is 11.8 Å². The van der Waals surface area contributed by atoms with Crippen LogP contribution in [0.1, 0.15) is 27.2 Å². The number of morpholine rings is 1. The number of benzene rings is 1. The highest BCUT2D eigenvalue weighted by atomic mass is 16.5. The van der Waals surface area contributed by atoms with Crippen molar-refractivity contribution in [3.05, 3.63) is 24.3 Å². The van der Waals surface area contributed by atoms with Crippen LogP contribution in [-0.2, 0) is 9.53 Å². The molecule has 0 aliphatic carbocycles. The van der Waals surface area contributed by atoms with Gasteiger partial charge in [0.05, 0.1) is 19.3 Å². The van der Waals surface area contributed by atoms with Crippen LogP contribution in [0.3, 0.4) is 0 Å². The molecule has 25 heavy (non-hydrogen) atoms. The van der Waals surface area contributed by atoms with Crippen LogP contribution in [0.15, 0.2) is 24.3 Å². The highest BCUT2D eigenvalue weighted by Crippen LogP contribution is 2.23. The van der Waals surface area contributed by atoms with Crippen LogP contribution in [0.2, 0.25) is 0 Å². The van der Waals surface area contributed by atoms with Gasteiger partial charge in [-0.15, -0.1) is 0 Å². The number of rotatable bonds is 4. The zero-order valence-corrected chi connectivity index (χ0v) is 15.7. The smallest absolute Gasteiger partial charge is 0.241 e. The molecule has 2 saturated heterocycles. The number of amides is 1. The van der Waals surface area contributed by atoms with Crippen molar-refractivity contribution in [1.82, 2.24) is 4.90 Å². The van der Waals surface area contributed by atoms with Crippen molar-refractivity contribution in [2.75, 3.05) is 49.6 Å². The number of nitrogens with zero attached hydrogens (tertiary/aromatic N) is 2. The van der Waals surface area contributed by atoms with Crippen LogP contribution < -0.4 is 10.2 Å². The Morgan fingerprint density at radius 3 is 2.32 bits per heavy atom. The molecule has 1 aromatic carbocycles. The van der Waals surface area contributed by atoms with E-state index in [1.54, 1.807) is 0 Å². The Bertz CT molecular complexity index is 559. The lowest BCUT2D eigenvalue weighted by Gasteiger charge is -2.38. The number of ether oxygens (including phenoxy) is 1. The fourth-order valence-corrected chi connectivity index (χ4v) is 4.02.